The first-order chi connectivity index (χ1) is 9.85. The van der Waals surface area contributed by atoms with E-state index in [-0.39, 0.29) is 25.4 Å². The molecule has 21 heavy (non-hydrogen) atoms. The Morgan fingerprint density at radius 2 is 1.67 bits per heavy atom. The van der Waals surface area contributed by atoms with Gasteiger partial charge in [0, 0.05) is 26.3 Å². The van der Waals surface area contributed by atoms with Gasteiger partial charge in [0.1, 0.15) is 0 Å². The van der Waals surface area contributed by atoms with Crippen molar-refractivity contribution in [2.45, 2.75) is 24.8 Å². The minimum Gasteiger partial charge on any atom is -0.481 e. The molecule has 2 unspecified atom stereocenters. The molecule has 2 saturated heterocycles. The summed E-state index contributed by atoms with van der Waals surface area (Å²) in [6, 6.07) is 0. The van der Waals surface area contributed by atoms with Crippen LogP contribution in [0.2, 0.25) is 0 Å². The van der Waals surface area contributed by atoms with Crippen molar-refractivity contribution in [3.05, 3.63) is 0 Å². The van der Waals surface area contributed by atoms with E-state index in [1.807, 2.05) is 0 Å². The summed E-state index contributed by atoms with van der Waals surface area (Å²) >= 11 is 0. The molecule has 118 valence electrons. The van der Waals surface area contributed by atoms with Gasteiger partial charge in [-0.15, -0.1) is 0 Å². The summed E-state index contributed by atoms with van der Waals surface area (Å²) in [6.45, 7) is 0.913. The average Bonchev–Trinajstić information content (AvgIpc) is 2.46. The number of carboxylic acid groups (broad SMARTS) is 2. The summed E-state index contributed by atoms with van der Waals surface area (Å²) in [5.41, 5.74) is 5.08. The number of aliphatic carboxylic acids is 2. The topological polar surface area (TPSA) is 130 Å². The van der Waals surface area contributed by atoms with Crippen molar-refractivity contribution in [3.8, 4) is 0 Å². The monoisotopic (exact) mass is 300 g/mol. The molecule has 2 aliphatic rings. The van der Waals surface area contributed by atoms with Crippen molar-refractivity contribution >= 4 is 17.8 Å². The van der Waals surface area contributed by atoms with Crippen LogP contribution in [-0.2, 0) is 19.1 Å². The SMILES string of the molecule is NC1(C(=O)N2CCC(C(=O)O)C(C(=O)O)C2)CCOCC1. The van der Waals surface area contributed by atoms with Crippen LogP contribution in [0.5, 0.6) is 0 Å². The molecule has 2 rings (SSSR count). The molecule has 0 aromatic rings. The number of ether oxygens (including phenoxy) is 1. The second kappa shape index (κ2) is 5.98. The van der Waals surface area contributed by atoms with Crippen molar-refractivity contribution in [3.63, 3.8) is 0 Å². The summed E-state index contributed by atoms with van der Waals surface area (Å²) in [4.78, 5) is 36.3. The molecule has 2 atom stereocenters. The van der Waals surface area contributed by atoms with Crippen molar-refractivity contribution < 1.29 is 29.3 Å². The highest BCUT2D eigenvalue weighted by atomic mass is 16.5. The van der Waals surface area contributed by atoms with E-state index in [1.54, 1.807) is 0 Å². The first-order valence-electron chi connectivity index (χ1n) is 6.97. The summed E-state index contributed by atoms with van der Waals surface area (Å²) in [6.07, 6.45) is 0.912. The Bertz CT molecular complexity index is 446. The summed E-state index contributed by atoms with van der Waals surface area (Å²) in [5, 5.41) is 18.3. The lowest BCUT2D eigenvalue weighted by Gasteiger charge is -2.41. The lowest BCUT2D eigenvalue weighted by Crippen LogP contribution is -2.61. The summed E-state index contributed by atoms with van der Waals surface area (Å²) in [7, 11) is 0. The maximum absolute atomic E-state index is 12.5. The highest BCUT2D eigenvalue weighted by molar-refractivity contribution is 5.88. The number of hydrogen-bond donors (Lipinski definition) is 3. The van der Waals surface area contributed by atoms with E-state index in [1.165, 1.54) is 4.90 Å². The number of rotatable bonds is 3. The molecular weight excluding hydrogens is 280 g/mol. The molecule has 4 N–H and O–H groups in total. The zero-order chi connectivity index (χ0) is 15.6. The predicted octanol–water partition coefficient (Wildman–Crippen LogP) is -0.872. The average molecular weight is 300 g/mol. The molecule has 0 aromatic heterocycles. The van der Waals surface area contributed by atoms with Crippen LogP contribution in [0.3, 0.4) is 0 Å². The van der Waals surface area contributed by atoms with Gasteiger partial charge in [-0.05, 0) is 19.3 Å². The number of nitrogens with zero attached hydrogens (tertiary/aromatic N) is 1. The zero-order valence-electron chi connectivity index (χ0n) is 11.7. The van der Waals surface area contributed by atoms with Crippen molar-refractivity contribution in [2.75, 3.05) is 26.3 Å². The number of piperidine rings is 1. The number of hydrogen-bond acceptors (Lipinski definition) is 5. The Morgan fingerprint density at radius 3 is 2.19 bits per heavy atom. The molecule has 8 heteroatoms. The van der Waals surface area contributed by atoms with Crippen LogP contribution < -0.4 is 5.73 Å². The number of carbonyl (C=O) groups is 3. The van der Waals surface area contributed by atoms with Gasteiger partial charge in [0.05, 0.1) is 17.4 Å². The van der Waals surface area contributed by atoms with Gasteiger partial charge < -0.3 is 25.6 Å². The third-order valence-corrected chi connectivity index (χ3v) is 4.35. The lowest BCUT2D eigenvalue weighted by atomic mass is 9.83. The Morgan fingerprint density at radius 1 is 1.10 bits per heavy atom. The Balaban J connectivity index is 2.09. The van der Waals surface area contributed by atoms with E-state index in [0.717, 1.165) is 0 Å². The third kappa shape index (κ3) is 3.16. The fourth-order valence-corrected chi connectivity index (χ4v) is 2.95. The van der Waals surface area contributed by atoms with Crippen molar-refractivity contribution in [1.82, 2.24) is 4.90 Å². The van der Waals surface area contributed by atoms with E-state index in [0.29, 0.717) is 26.1 Å². The first kappa shape index (κ1) is 15.7. The molecule has 0 saturated carbocycles. The number of amides is 1. The second-order valence-corrected chi connectivity index (χ2v) is 5.70. The molecule has 2 aliphatic heterocycles. The Labute approximate surface area is 121 Å². The minimum absolute atomic E-state index is 0.106. The van der Waals surface area contributed by atoms with Crippen LogP contribution in [0.4, 0.5) is 0 Å². The normalized spacial score (nSPS) is 28.9. The van der Waals surface area contributed by atoms with Crippen LogP contribution >= 0.6 is 0 Å². The maximum atomic E-state index is 12.5. The van der Waals surface area contributed by atoms with Gasteiger partial charge in [-0.1, -0.05) is 0 Å². The lowest BCUT2D eigenvalue weighted by molar-refractivity contribution is -0.160. The second-order valence-electron chi connectivity index (χ2n) is 5.70. The quantitative estimate of drug-likeness (QED) is 0.617. The van der Waals surface area contributed by atoms with Gasteiger partial charge in [0.25, 0.3) is 0 Å². The van der Waals surface area contributed by atoms with Gasteiger partial charge >= 0.3 is 11.9 Å². The first-order valence-corrected chi connectivity index (χ1v) is 6.97. The highest BCUT2D eigenvalue weighted by Gasteiger charge is 2.45. The minimum atomic E-state index is -1.20. The van der Waals surface area contributed by atoms with E-state index < -0.39 is 29.3 Å². The molecule has 8 nitrogen and oxygen atoms in total. The van der Waals surface area contributed by atoms with E-state index in [9.17, 15) is 19.5 Å². The van der Waals surface area contributed by atoms with E-state index >= 15 is 0 Å². The molecule has 0 bridgehead atoms. The van der Waals surface area contributed by atoms with E-state index in [4.69, 9.17) is 15.6 Å². The number of carboxylic acids is 2. The van der Waals surface area contributed by atoms with Gasteiger partial charge in [-0.25, -0.2) is 0 Å². The number of nitrogens with two attached hydrogens (primary N) is 1. The van der Waals surface area contributed by atoms with Crippen LogP contribution in [0, 0.1) is 11.8 Å². The fraction of sp³-hybridized carbons (Fsp3) is 0.769. The van der Waals surface area contributed by atoms with Gasteiger partial charge in [-0.2, -0.15) is 0 Å². The summed E-state index contributed by atoms with van der Waals surface area (Å²) < 4.78 is 5.19. The van der Waals surface area contributed by atoms with Gasteiger partial charge in [-0.3, -0.25) is 14.4 Å². The molecule has 1 amide bonds. The number of carbonyl (C=O) groups excluding carboxylic acids is 1. The fourth-order valence-electron chi connectivity index (χ4n) is 2.95. The van der Waals surface area contributed by atoms with Crippen LogP contribution in [0.25, 0.3) is 0 Å². The summed E-state index contributed by atoms with van der Waals surface area (Å²) in [5.74, 6) is -4.69. The molecule has 0 spiro atoms. The molecule has 2 fully saturated rings. The predicted molar refractivity (Wildman–Crippen MR) is 70.4 cm³/mol. The smallest absolute Gasteiger partial charge is 0.309 e. The molecule has 2 heterocycles. The van der Waals surface area contributed by atoms with Crippen molar-refractivity contribution in [1.29, 1.82) is 0 Å². The van der Waals surface area contributed by atoms with E-state index in [2.05, 4.69) is 0 Å². The maximum Gasteiger partial charge on any atom is 0.309 e. The van der Waals surface area contributed by atoms with Gasteiger partial charge in [0.2, 0.25) is 5.91 Å². The number of likely N-dealkylation sites (tertiary alicyclic amines) is 1. The molecule has 0 aromatic carbocycles. The van der Waals surface area contributed by atoms with Gasteiger partial charge in [0.15, 0.2) is 0 Å². The Kier molecular flexibility index (Phi) is 4.48. The standard InChI is InChI=1S/C13H20N2O6/c14-13(2-5-21-6-3-13)12(20)15-4-1-8(10(16)17)9(7-15)11(18)19/h8-9H,1-7,14H2,(H,16,17)(H,18,19). The molecular formula is C13H20N2O6. The largest absolute Gasteiger partial charge is 0.481 e. The zero-order valence-corrected chi connectivity index (χ0v) is 11.7. The highest BCUT2D eigenvalue weighted by Crippen LogP contribution is 2.28. The molecule has 0 aliphatic carbocycles. The Hall–Kier alpha value is -1.67. The van der Waals surface area contributed by atoms with Crippen LogP contribution in [0.15, 0.2) is 0 Å². The van der Waals surface area contributed by atoms with Crippen LogP contribution in [0.1, 0.15) is 19.3 Å². The van der Waals surface area contributed by atoms with Crippen molar-refractivity contribution in [2.24, 2.45) is 17.6 Å². The third-order valence-electron chi connectivity index (χ3n) is 4.35. The molecule has 0 radical (unpaired) electrons. The van der Waals surface area contributed by atoms with Crippen LogP contribution in [-0.4, -0.2) is 64.8 Å².